The summed E-state index contributed by atoms with van der Waals surface area (Å²) in [5.74, 6) is -1.55. The van der Waals surface area contributed by atoms with Crippen LogP contribution in [0.5, 0.6) is 11.8 Å². The number of rotatable bonds is 7. The minimum Gasteiger partial charge on any atom is -0.489 e. The minimum absolute atomic E-state index is 0.00641. The number of nitrogen functional groups attached to an aromatic ring is 1. The average molecular weight is 673 g/mol. The first-order valence-electron chi connectivity index (χ1n) is 14.9. The largest absolute Gasteiger partial charge is 0.489 e. The van der Waals surface area contributed by atoms with Crippen LogP contribution in [0.15, 0.2) is 24.3 Å². The SMILES string of the molecule is C=C1CN2CCC[C@@]2(COc2nc3c4c(c(Cl)c(-c5ccc(F)c6sc(N)c(C#N)c56)c(F)c4n2)OCCN3C(CC)C(F)F)C1. The van der Waals surface area contributed by atoms with E-state index in [0.29, 0.717) is 0 Å². The van der Waals surface area contributed by atoms with Gasteiger partial charge in [0.25, 0.3) is 6.43 Å². The smallest absolute Gasteiger partial charge is 0.319 e. The lowest BCUT2D eigenvalue weighted by atomic mass is 9.94. The third-order valence-corrected chi connectivity index (χ3v) is 10.7. The molecule has 2 aromatic heterocycles. The number of ether oxygens (including phenoxy) is 2. The predicted octanol–water partition coefficient (Wildman–Crippen LogP) is 7.31. The van der Waals surface area contributed by atoms with Crippen molar-refractivity contribution in [2.45, 2.75) is 50.6 Å². The van der Waals surface area contributed by atoms with Gasteiger partial charge in [-0.1, -0.05) is 36.7 Å². The Morgan fingerprint density at radius 2 is 2.07 bits per heavy atom. The number of nitrogens with two attached hydrogens (primary N) is 1. The topological polar surface area (TPSA) is 101 Å². The standard InChI is InChI=1S/C32H29ClF4N6O2S/c1-3-19(28(36)37)43-9-10-44-26-22-25(40-31(41-30(22)43)45-14-32-7-4-8-42(32)13-15(2)11-32)24(35)21(23(26)33)16-5-6-18(34)27-20(16)17(12-38)29(39)46-27/h5-6,19,28H,2-4,7-11,13-14,39H2,1H3/t19?,32-/m0/s1. The van der Waals surface area contributed by atoms with Crippen LogP contribution in [0.25, 0.3) is 32.1 Å². The molecule has 0 spiro atoms. The number of hydrogen-bond donors (Lipinski definition) is 1. The molecule has 7 rings (SSSR count). The number of thiophene rings is 1. The van der Waals surface area contributed by atoms with E-state index in [1.807, 2.05) is 6.07 Å². The second kappa shape index (κ2) is 11.4. The first-order chi connectivity index (χ1) is 22.1. The van der Waals surface area contributed by atoms with Gasteiger partial charge < -0.3 is 20.1 Å². The zero-order valence-electron chi connectivity index (χ0n) is 24.8. The first kappa shape index (κ1) is 30.8. The quantitative estimate of drug-likeness (QED) is 0.161. The summed E-state index contributed by atoms with van der Waals surface area (Å²) in [6.07, 6.45) is -0.0631. The Kier molecular flexibility index (Phi) is 7.65. The molecule has 1 unspecified atom stereocenters. The van der Waals surface area contributed by atoms with Crippen molar-refractivity contribution >= 4 is 54.7 Å². The molecule has 2 atom stereocenters. The van der Waals surface area contributed by atoms with E-state index < -0.39 is 24.1 Å². The van der Waals surface area contributed by atoms with Crippen LogP contribution < -0.4 is 20.1 Å². The molecule has 0 amide bonds. The lowest BCUT2D eigenvalue weighted by Gasteiger charge is -2.32. The van der Waals surface area contributed by atoms with Crippen LogP contribution in [0.2, 0.25) is 5.02 Å². The molecule has 2 fully saturated rings. The van der Waals surface area contributed by atoms with Crippen molar-refractivity contribution in [1.82, 2.24) is 14.9 Å². The highest BCUT2D eigenvalue weighted by Gasteiger charge is 2.47. The fraction of sp³-hybridized carbons (Fsp3) is 0.406. The number of aromatic nitrogens is 2. The Hall–Kier alpha value is -3.86. The second-order valence-electron chi connectivity index (χ2n) is 12.0. The Labute approximate surface area is 271 Å². The summed E-state index contributed by atoms with van der Waals surface area (Å²) in [5.41, 5.74) is 6.47. The van der Waals surface area contributed by atoms with Gasteiger partial charge in [0.2, 0.25) is 0 Å². The summed E-state index contributed by atoms with van der Waals surface area (Å²) in [6, 6.07) is 3.01. The van der Waals surface area contributed by atoms with Gasteiger partial charge in [-0.15, -0.1) is 11.3 Å². The zero-order valence-corrected chi connectivity index (χ0v) is 26.4. The molecule has 46 heavy (non-hydrogen) atoms. The molecule has 2 aromatic carbocycles. The predicted molar refractivity (Wildman–Crippen MR) is 170 cm³/mol. The Bertz CT molecular complexity index is 1970. The van der Waals surface area contributed by atoms with Gasteiger partial charge >= 0.3 is 6.01 Å². The molecular weight excluding hydrogens is 644 g/mol. The average Bonchev–Trinajstić information content (AvgIpc) is 3.62. The molecule has 3 aliphatic rings. The maximum absolute atomic E-state index is 17.0. The van der Waals surface area contributed by atoms with Gasteiger partial charge in [-0.2, -0.15) is 15.2 Å². The van der Waals surface area contributed by atoms with Crippen LogP contribution in [0.1, 0.15) is 38.2 Å². The van der Waals surface area contributed by atoms with Gasteiger partial charge in [-0.3, -0.25) is 4.90 Å². The van der Waals surface area contributed by atoms with E-state index in [-0.39, 0.29) is 97.0 Å². The van der Waals surface area contributed by atoms with E-state index in [1.165, 1.54) is 11.0 Å². The Morgan fingerprint density at radius 1 is 1.26 bits per heavy atom. The van der Waals surface area contributed by atoms with Crippen LogP contribution in [-0.4, -0.2) is 65.7 Å². The molecule has 0 radical (unpaired) electrons. The summed E-state index contributed by atoms with van der Waals surface area (Å²) in [5, 5.41) is 9.87. The third-order valence-electron chi connectivity index (χ3n) is 9.31. The second-order valence-corrected chi connectivity index (χ2v) is 13.4. The van der Waals surface area contributed by atoms with Crippen molar-refractivity contribution in [1.29, 1.82) is 5.26 Å². The van der Waals surface area contributed by atoms with Crippen molar-refractivity contribution < 1.29 is 27.0 Å². The molecule has 240 valence electrons. The van der Waals surface area contributed by atoms with Gasteiger partial charge in [-0.05, 0) is 43.9 Å². The fourth-order valence-electron chi connectivity index (χ4n) is 7.24. The molecule has 0 saturated carbocycles. The number of anilines is 2. The summed E-state index contributed by atoms with van der Waals surface area (Å²) in [6.45, 7) is 7.59. The normalized spacial score (nSPS) is 20.3. The van der Waals surface area contributed by atoms with Crippen molar-refractivity contribution in [3.05, 3.63) is 46.5 Å². The molecular formula is C32H29ClF4N6O2S. The molecule has 8 nitrogen and oxygen atoms in total. The Balaban J connectivity index is 1.47. The summed E-state index contributed by atoms with van der Waals surface area (Å²) in [7, 11) is 0. The Morgan fingerprint density at radius 3 is 2.80 bits per heavy atom. The number of nitriles is 1. The number of hydrogen-bond acceptors (Lipinski definition) is 9. The van der Waals surface area contributed by atoms with Crippen molar-refractivity contribution in [3.8, 4) is 29.0 Å². The van der Waals surface area contributed by atoms with Gasteiger partial charge in [-0.25, -0.2) is 17.6 Å². The maximum atomic E-state index is 17.0. The van der Waals surface area contributed by atoms with Crippen LogP contribution >= 0.6 is 22.9 Å². The van der Waals surface area contributed by atoms with Crippen LogP contribution in [0.3, 0.4) is 0 Å². The lowest BCUT2D eigenvalue weighted by Crippen LogP contribution is -2.44. The van der Waals surface area contributed by atoms with Gasteiger partial charge in [0.05, 0.1) is 38.8 Å². The van der Waals surface area contributed by atoms with Crippen LogP contribution in [-0.2, 0) is 0 Å². The third kappa shape index (κ3) is 4.64. The van der Waals surface area contributed by atoms with E-state index >= 15 is 4.39 Å². The molecule has 0 aliphatic carbocycles. The summed E-state index contributed by atoms with van der Waals surface area (Å²) < 4.78 is 73.0. The number of fused-ring (bicyclic) bond motifs is 2. The number of benzene rings is 2. The molecule has 14 heteroatoms. The highest BCUT2D eigenvalue weighted by molar-refractivity contribution is 7.23. The number of halogens is 5. The lowest BCUT2D eigenvalue weighted by molar-refractivity contribution is 0.105. The molecule has 0 bridgehead atoms. The van der Waals surface area contributed by atoms with E-state index in [9.17, 15) is 18.4 Å². The van der Waals surface area contributed by atoms with E-state index in [4.69, 9.17) is 26.8 Å². The first-order valence-corrected chi connectivity index (χ1v) is 16.1. The maximum Gasteiger partial charge on any atom is 0.319 e. The van der Waals surface area contributed by atoms with Crippen molar-refractivity contribution in [2.24, 2.45) is 0 Å². The van der Waals surface area contributed by atoms with Gasteiger partial charge in [0, 0.05) is 17.5 Å². The zero-order chi connectivity index (χ0) is 32.5. The minimum atomic E-state index is -2.74. The molecule has 5 heterocycles. The van der Waals surface area contributed by atoms with Crippen molar-refractivity contribution in [3.63, 3.8) is 0 Å². The van der Waals surface area contributed by atoms with Gasteiger partial charge in [0.15, 0.2) is 11.6 Å². The monoisotopic (exact) mass is 672 g/mol. The molecule has 2 saturated heterocycles. The van der Waals surface area contributed by atoms with Crippen molar-refractivity contribution in [2.75, 3.05) is 43.5 Å². The fourth-order valence-corrected chi connectivity index (χ4v) is 8.53. The highest BCUT2D eigenvalue weighted by Crippen LogP contribution is 2.51. The number of nitrogens with zero attached hydrogens (tertiary/aromatic N) is 5. The van der Waals surface area contributed by atoms with E-state index in [2.05, 4.69) is 21.4 Å². The highest BCUT2D eigenvalue weighted by atomic mass is 35.5. The van der Waals surface area contributed by atoms with E-state index in [1.54, 1.807) is 6.92 Å². The molecule has 3 aliphatic heterocycles. The summed E-state index contributed by atoms with van der Waals surface area (Å²) >= 11 is 7.76. The molecule has 2 N–H and O–H groups in total. The van der Waals surface area contributed by atoms with Crippen LogP contribution in [0.4, 0.5) is 28.4 Å². The van der Waals surface area contributed by atoms with E-state index in [0.717, 1.165) is 55.3 Å². The van der Waals surface area contributed by atoms with Gasteiger partial charge in [0.1, 0.15) is 41.4 Å². The van der Waals surface area contributed by atoms with Crippen LogP contribution in [0, 0.1) is 23.0 Å². The number of alkyl halides is 2. The summed E-state index contributed by atoms with van der Waals surface area (Å²) in [4.78, 5) is 12.8. The molecule has 4 aromatic rings.